The van der Waals surface area contributed by atoms with Crippen LogP contribution < -0.4 is 18.9 Å². The van der Waals surface area contributed by atoms with Crippen LogP contribution >= 0.6 is 0 Å². The predicted molar refractivity (Wildman–Crippen MR) is 195 cm³/mol. The minimum Gasteiger partial charge on any atom is -0.423 e. The van der Waals surface area contributed by atoms with Crippen LogP contribution in [0.4, 0.5) is 4.39 Å². The Kier molecular flexibility index (Phi) is 12.8. The number of carbonyl (C=O) groups is 4. The molecule has 0 saturated heterocycles. The van der Waals surface area contributed by atoms with Crippen LogP contribution in [0.1, 0.15) is 40.3 Å². The van der Waals surface area contributed by atoms with Gasteiger partial charge in [-0.3, -0.25) is 0 Å². The van der Waals surface area contributed by atoms with E-state index < -0.39 is 29.7 Å². The van der Waals surface area contributed by atoms with Gasteiger partial charge in [0.25, 0.3) is 0 Å². The standard InChI is InChI=1S/C43H29FO8/c1-6-40(45)49-35-21-16-32(17-22-35)13-12-30-8-10-31(11-9-30)14-15-34-26-38(51-42(47)28(3)4)37(39(27-34)52-43(48)29(5)44)25-20-33-18-23-36(24-19-33)50-41(46)7-2/h6-13,16-19,21-24,26-27H,1-3,5H2,4H3. The Hall–Kier alpha value is -7.49. The summed E-state index contributed by atoms with van der Waals surface area (Å²) >= 11 is 0. The third kappa shape index (κ3) is 11.0. The number of ether oxygens (including phenoxy) is 4. The van der Waals surface area contributed by atoms with E-state index in [0.717, 1.165) is 23.3 Å². The van der Waals surface area contributed by atoms with Crippen LogP contribution in [0, 0.1) is 23.7 Å². The maximum atomic E-state index is 13.8. The molecular formula is C43H29FO8. The molecule has 9 heteroatoms. The zero-order valence-corrected chi connectivity index (χ0v) is 27.9. The quantitative estimate of drug-likeness (QED) is 0.0548. The monoisotopic (exact) mass is 692 g/mol. The summed E-state index contributed by atoms with van der Waals surface area (Å²) in [5, 5.41) is 0. The van der Waals surface area contributed by atoms with Gasteiger partial charge in [-0.15, -0.1) is 0 Å². The van der Waals surface area contributed by atoms with E-state index in [-0.39, 0.29) is 33.9 Å². The highest BCUT2D eigenvalue weighted by Crippen LogP contribution is 2.32. The van der Waals surface area contributed by atoms with Crippen molar-refractivity contribution in [1.29, 1.82) is 0 Å². The van der Waals surface area contributed by atoms with Gasteiger partial charge in [-0.1, -0.05) is 86.4 Å². The predicted octanol–water partition coefficient (Wildman–Crippen LogP) is 7.71. The number of rotatable bonds is 10. The highest BCUT2D eigenvalue weighted by atomic mass is 19.1. The Morgan fingerprint density at radius 2 is 0.981 bits per heavy atom. The highest BCUT2D eigenvalue weighted by molar-refractivity contribution is 5.90. The minimum atomic E-state index is -1.38. The van der Waals surface area contributed by atoms with Gasteiger partial charge in [0.2, 0.25) is 5.83 Å². The topological polar surface area (TPSA) is 105 Å². The smallest absolute Gasteiger partial charge is 0.371 e. The Bertz CT molecular complexity index is 2190. The molecule has 8 nitrogen and oxygen atoms in total. The van der Waals surface area contributed by atoms with E-state index in [1.54, 1.807) is 48.5 Å². The summed E-state index contributed by atoms with van der Waals surface area (Å²) in [6.07, 6.45) is 5.90. The van der Waals surface area contributed by atoms with Crippen LogP contribution in [-0.4, -0.2) is 23.9 Å². The lowest BCUT2D eigenvalue weighted by atomic mass is 10.1. The molecule has 0 radical (unpaired) electrons. The molecule has 0 aliphatic rings. The fourth-order valence-corrected chi connectivity index (χ4v) is 4.01. The Balaban J connectivity index is 1.64. The molecule has 52 heavy (non-hydrogen) atoms. The van der Waals surface area contributed by atoms with Crippen molar-refractivity contribution in [3.63, 3.8) is 0 Å². The first kappa shape index (κ1) is 37.3. The maximum Gasteiger partial charge on any atom is 0.371 e. The summed E-state index contributed by atoms with van der Waals surface area (Å²) < 4.78 is 34.7. The average Bonchev–Trinajstić information content (AvgIpc) is 3.14. The molecule has 0 heterocycles. The molecule has 0 aliphatic carbocycles. The third-order valence-electron chi connectivity index (χ3n) is 6.61. The van der Waals surface area contributed by atoms with E-state index in [9.17, 15) is 23.6 Å². The number of carbonyl (C=O) groups excluding carboxylic acids is 4. The summed E-state index contributed by atoms with van der Waals surface area (Å²) in [6.45, 7) is 14.8. The molecule has 0 bridgehead atoms. The molecular weight excluding hydrogens is 663 g/mol. The SMILES string of the molecule is C=CC(=O)Oc1ccc(C#Cc2c(OC(=O)C(=C)C)cc(C#Cc3ccc(C=Cc4ccc(OC(=O)C=C)cc4)cc3)cc2OC(=O)C(=C)F)cc1. The van der Waals surface area contributed by atoms with E-state index in [0.29, 0.717) is 16.9 Å². The number of benzene rings is 4. The summed E-state index contributed by atoms with van der Waals surface area (Å²) in [6, 6.07) is 23.2. The normalized spacial score (nSPS) is 9.96. The van der Waals surface area contributed by atoms with Gasteiger partial charge in [0.15, 0.2) is 11.5 Å². The lowest BCUT2D eigenvalue weighted by Gasteiger charge is -2.12. The molecule has 0 atom stereocenters. The van der Waals surface area contributed by atoms with Crippen LogP contribution in [0.2, 0.25) is 0 Å². The largest absolute Gasteiger partial charge is 0.423 e. The van der Waals surface area contributed by atoms with Crippen molar-refractivity contribution in [2.75, 3.05) is 0 Å². The van der Waals surface area contributed by atoms with Gasteiger partial charge in [-0.25, -0.2) is 19.2 Å². The molecule has 0 unspecified atom stereocenters. The average molecular weight is 693 g/mol. The molecule has 0 aliphatic heterocycles. The number of hydrogen-bond donors (Lipinski definition) is 0. The first-order chi connectivity index (χ1) is 24.9. The van der Waals surface area contributed by atoms with E-state index >= 15 is 0 Å². The highest BCUT2D eigenvalue weighted by Gasteiger charge is 2.19. The van der Waals surface area contributed by atoms with E-state index in [1.807, 2.05) is 24.3 Å². The number of halogens is 1. The fourth-order valence-electron chi connectivity index (χ4n) is 4.01. The molecule has 0 spiro atoms. The van der Waals surface area contributed by atoms with Gasteiger partial charge in [-0.2, -0.15) is 4.39 Å². The summed E-state index contributed by atoms with van der Waals surface area (Å²) in [5.74, 6) is 7.23. The van der Waals surface area contributed by atoms with Crippen molar-refractivity contribution < 1.29 is 42.5 Å². The lowest BCUT2D eigenvalue weighted by Crippen LogP contribution is -2.12. The molecule has 4 aromatic rings. The second kappa shape index (κ2) is 17.8. The van der Waals surface area contributed by atoms with Crippen LogP contribution in [0.15, 0.2) is 135 Å². The van der Waals surface area contributed by atoms with E-state index in [4.69, 9.17) is 18.9 Å². The van der Waals surface area contributed by atoms with Crippen molar-refractivity contribution in [2.45, 2.75) is 6.92 Å². The van der Waals surface area contributed by atoms with Gasteiger partial charge in [0.1, 0.15) is 17.1 Å². The number of esters is 4. The van der Waals surface area contributed by atoms with Gasteiger partial charge in [0, 0.05) is 34.4 Å². The van der Waals surface area contributed by atoms with Gasteiger partial charge in [-0.05, 0) is 78.7 Å². The van der Waals surface area contributed by atoms with Gasteiger partial charge in [0.05, 0.1) is 0 Å². The van der Waals surface area contributed by atoms with Crippen molar-refractivity contribution in [3.05, 3.63) is 168 Å². The molecule has 4 aromatic carbocycles. The fraction of sp³-hybridized carbons (Fsp3) is 0.0233. The van der Waals surface area contributed by atoms with Crippen molar-refractivity contribution >= 4 is 36.0 Å². The van der Waals surface area contributed by atoms with E-state index in [2.05, 4.69) is 50.0 Å². The van der Waals surface area contributed by atoms with Crippen LogP contribution in [0.25, 0.3) is 12.2 Å². The van der Waals surface area contributed by atoms with Crippen molar-refractivity contribution in [2.24, 2.45) is 0 Å². The molecule has 0 fully saturated rings. The second-order valence-corrected chi connectivity index (χ2v) is 10.6. The summed E-state index contributed by atoms with van der Waals surface area (Å²) in [5.41, 5.74) is 3.13. The van der Waals surface area contributed by atoms with Crippen molar-refractivity contribution in [3.8, 4) is 46.7 Å². The van der Waals surface area contributed by atoms with Crippen LogP contribution in [0.5, 0.6) is 23.0 Å². The van der Waals surface area contributed by atoms with Crippen LogP contribution in [0.3, 0.4) is 0 Å². The summed E-state index contributed by atoms with van der Waals surface area (Å²) in [4.78, 5) is 47.7. The Labute approximate surface area is 299 Å². The summed E-state index contributed by atoms with van der Waals surface area (Å²) in [7, 11) is 0. The van der Waals surface area contributed by atoms with Crippen LogP contribution in [-0.2, 0) is 19.2 Å². The zero-order chi connectivity index (χ0) is 37.6. The maximum absolute atomic E-state index is 13.8. The third-order valence-corrected chi connectivity index (χ3v) is 6.61. The zero-order valence-electron chi connectivity index (χ0n) is 27.9. The van der Waals surface area contributed by atoms with Crippen molar-refractivity contribution in [1.82, 2.24) is 0 Å². The molecule has 256 valence electrons. The first-order valence-electron chi connectivity index (χ1n) is 15.3. The molecule has 0 aromatic heterocycles. The number of hydrogen-bond acceptors (Lipinski definition) is 8. The lowest BCUT2D eigenvalue weighted by molar-refractivity contribution is -0.132. The molecule has 4 rings (SSSR count). The molecule has 0 amide bonds. The minimum absolute atomic E-state index is 0.0551. The van der Waals surface area contributed by atoms with Gasteiger partial charge < -0.3 is 18.9 Å². The molecule has 0 saturated carbocycles. The second-order valence-electron chi connectivity index (χ2n) is 10.6. The Morgan fingerprint density at radius 3 is 1.44 bits per heavy atom. The molecule has 0 N–H and O–H groups in total. The first-order valence-corrected chi connectivity index (χ1v) is 15.3. The van der Waals surface area contributed by atoms with Gasteiger partial charge >= 0.3 is 23.9 Å². The van der Waals surface area contributed by atoms with E-state index in [1.165, 1.54) is 31.2 Å². The Morgan fingerprint density at radius 1 is 0.577 bits per heavy atom.